The zero-order valence-electron chi connectivity index (χ0n) is 12.5. The highest BCUT2D eigenvalue weighted by Crippen LogP contribution is 2.19. The molecule has 3 aromatic rings. The van der Waals surface area contributed by atoms with Crippen molar-refractivity contribution in [3.8, 4) is 11.3 Å². The smallest absolute Gasteiger partial charge is 0.255 e. The van der Waals surface area contributed by atoms with E-state index >= 15 is 0 Å². The van der Waals surface area contributed by atoms with Crippen molar-refractivity contribution in [1.29, 1.82) is 0 Å². The number of nitrogens with one attached hydrogen (secondary N) is 1. The molecule has 0 saturated heterocycles. The molecule has 0 unspecified atom stereocenters. The first-order valence-electron chi connectivity index (χ1n) is 7.09. The SMILES string of the molecule is Cc1nccc(-c2ccc(NC(=O)c3cccc(F)c3)cc2)n1. The Labute approximate surface area is 133 Å². The van der Waals surface area contributed by atoms with Gasteiger partial charge in [-0.15, -0.1) is 0 Å². The zero-order valence-corrected chi connectivity index (χ0v) is 12.5. The van der Waals surface area contributed by atoms with E-state index < -0.39 is 5.82 Å². The van der Waals surface area contributed by atoms with Gasteiger partial charge in [0.2, 0.25) is 0 Å². The Hall–Kier alpha value is -3.08. The Balaban J connectivity index is 1.76. The third-order valence-corrected chi connectivity index (χ3v) is 3.30. The quantitative estimate of drug-likeness (QED) is 0.799. The van der Waals surface area contributed by atoms with Crippen LogP contribution in [-0.2, 0) is 0 Å². The standard InChI is InChI=1S/C18H14FN3O/c1-12-20-10-9-17(21-12)13-5-7-16(8-6-13)22-18(23)14-3-2-4-15(19)11-14/h2-11H,1H3,(H,22,23). The van der Waals surface area contributed by atoms with Crippen molar-refractivity contribution < 1.29 is 9.18 Å². The maximum Gasteiger partial charge on any atom is 0.255 e. The predicted octanol–water partition coefficient (Wildman–Crippen LogP) is 3.84. The molecule has 5 heteroatoms. The normalized spacial score (nSPS) is 10.3. The molecule has 0 radical (unpaired) electrons. The van der Waals surface area contributed by atoms with E-state index in [2.05, 4.69) is 15.3 Å². The molecule has 0 aliphatic carbocycles. The van der Waals surface area contributed by atoms with Gasteiger partial charge >= 0.3 is 0 Å². The number of carbonyl (C=O) groups is 1. The van der Waals surface area contributed by atoms with Gasteiger partial charge in [-0.3, -0.25) is 4.79 Å². The summed E-state index contributed by atoms with van der Waals surface area (Å²) in [6, 6.07) is 14.7. The molecule has 0 bridgehead atoms. The summed E-state index contributed by atoms with van der Waals surface area (Å²) in [6.07, 6.45) is 1.71. The van der Waals surface area contributed by atoms with Crippen molar-refractivity contribution in [2.24, 2.45) is 0 Å². The van der Waals surface area contributed by atoms with E-state index in [0.29, 0.717) is 11.5 Å². The second-order valence-electron chi connectivity index (χ2n) is 5.03. The molecule has 1 N–H and O–H groups in total. The average molecular weight is 307 g/mol. The van der Waals surface area contributed by atoms with Crippen LogP contribution in [0.3, 0.4) is 0 Å². The minimum atomic E-state index is -0.438. The number of amides is 1. The fraction of sp³-hybridized carbons (Fsp3) is 0.0556. The molecule has 0 aliphatic heterocycles. The Bertz CT molecular complexity index is 847. The van der Waals surface area contributed by atoms with Crippen LogP contribution in [0.4, 0.5) is 10.1 Å². The van der Waals surface area contributed by atoms with Crippen LogP contribution in [0.25, 0.3) is 11.3 Å². The third-order valence-electron chi connectivity index (χ3n) is 3.30. The van der Waals surface area contributed by atoms with Gasteiger partial charge in [0.25, 0.3) is 5.91 Å². The monoisotopic (exact) mass is 307 g/mol. The number of benzene rings is 2. The third kappa shape index (κ3) is 3.58. The first-order chi connectivity index (χ1) is 11.1. The number of anilines is 1. The molecule has 1 aromatic heterocycles. The number of rotatable bonds is 3. The van der Waals surface area contributed by atoms with Gasteiger partial charge in [-0.05, 0) is 43.3 Å². The molecule has 0 saturated carbocycles. The summed E-state index contributed by atoms with van der Waals surface area (Å²) < 4.78 is 13.1. The van der Waals surface area contributed by atoms with E-state index in [-0.39, 0.29) is 11.5 Å². The lowest BCUT2D eigenvalue weighted by atomic mass is 10.1. The fourth-order valence-electron chi connectivity index (χ4n) is 2.17. The van der Waals surface area contributed by atoms with Crippen molar-refractivity contribution in [3.05, 3.63) is 78.0 Å². The van der Waals surface area contributed by atoms with Crippen LogP contribution >= 0.6 is 0 Å². The molecule has 0 aliphatic rings. The van der Waals surface area contributed by atoms with Crippen molar-refractivity contribution >= 4 is 11.6 Å². The molecular weight excluding hydrogens is 293 g/mol. The Morgan fingerprint density at radius 1 is 1.09 bits per heavy atom. The Morgan fingerprint density at radius 2 is 1.87 bits per heavy atom. The molecule has 2 aromatic carbocycles. The summed E-state index contributed by atoms with van der Waals surface area (Å²) in [5, 5.41) is 2.74. The minimum absolute atomic E-state index is 0.278. The number of hydrogen-bond donors (Lipinski definition) is 1. The van der Waals surface area contributed by atoms with Gasteiger partial charge < -0.3 is 5.32 Å². The van der Waals surface area contributed by atoms with Gasteiger partial charge in [0.05, 0.1) is 5.69 Å². The molecule has 4 nitrogen and oxygen atoms in total. The first-order valence-corrected chi connectivity index (χ1v) is 7.09. The van der Waals surface area contributed by atoms with Crippen molar-refractivity contribution in [2.45, 2.75) is 6.92 Å². The predicted molar refractivity (Wildman–Crippen MR) is 86.6 cm³/mol. The Morgan fingerprint density at radius 3 is 2.57 bits per heavy atom. The van der Waals surface area contributed by atoms with Gasteiger partial charge in [-0.2, -0.15) is 0 Å². The number of halogens is 1. The van der Waals surface area contributed by atoms with Crippen molar-refractivity contribution in [2.75, 3.05) is 5.32 Å². The van der Waals surface area contributed by atoms with Gasteiger partial charge in [0.1, 0.15) is 11.6 Å². The van der Waals surface area contributed by atoms with Gasteiger partial charge in [-0.1, -0.05) is 18.2 Å². The number of nitrogens with zero attached hydrogens (tertiary/aromatic N) is 2. The number of aromatic nitrogens is 2. The van der Waals surface area contributed by atoms with E-state index in [9.17, 15) is 9.18 Å². The maximum atomic E-state index is 13.1. The van der Waals surface area contributed by atoms with Gasteiger partial charge in [-0.25, -0.2) is 14.4 Å². The molecule has 0 atom stereocenters. The summed E-state index contributed by atoms with van der Waals surface area (Å²) in [5.41, 5.74) is 2.66. The second-order valence-corrected chi connectivity index (χ2v) is 5.03. The topological polar surface area (TPSA) is 54.9 Å². The van der Waals surface area contributed by atoms with Gasteiger partial charge in [0, 0.05) is 23.0 Å². The number of carbonyl (C=O) groups excluding carboxylic acids is 1. The van der Waals surface area contributed by atoms with Crippen LogP contribution in [-0.4, -0.2) is 15.9 Å². The lowest BCUT2D eigenvalue weighted by Gasteiger charge is -2.07. The second kappa shape index (κ2) is 6.36. The highest BCUT2D eigenvalue weighted by molar-refractivity contribution is 6.04. The highest BCUT2D eigenvalue weighted by atomic mass is 19.1. The zero-order chi connectivity index (χ0) is 16.2. The summed E-state index contributed by atoms with van der Waals surface area (Å²) in [7, 11) is 0. The molecular formula is C18H14FN3O. The first kappa shape index (κ1) is 14.8. The van der Waals surface area contributed by atoms with Crippen LogP contribution < -0.4 is 5.32 Å². The summed E-state index contributed by atoms with van der Waals surface area (Å²) >= 11 is 0. The summed E-state index contributed by atoms with van der Waals surface area (Å²) in [6.45, 7) is 1.83. The van der Waals surface area contributed by atoms with Crippen LogP contribution in [0.2, 0.25) is 0 Å². The lowest BCUT2D eigenvalue weighted by Crippen LogP contribution is -2.11. The van der Waals surface area contributed by atoms with E-state index in [4.69, 9.17) is 0 Å². The largest absolute Gasteiger partial charge is 0.322 e. The molecule has 0 spiro atoms. The van der Waals surface area contributed by atoms with E-state index in [0.717, 1.165) is 11.3 Å². The molecule has 0 fully saturated rings. The van der Waals surface area contributed by atoms with Gasteiger partial charge in [0.15, 0.2) is 0 Å². The molecule has 3 rings (SSSR count). The maximum absolute atomic E-state index is 13.1. The molecule has 114 valence electrons. The number of hydrogen-bond acceptors (Lipinski definition) is 3. The van der Waals surface area contributed by atoms with Crippen LogP contribution in [0.1, 0.15) is 16.2 Å². The van der Waals surface area contributed by atoms with E-state index in [1.165, 1.54) is 18.2 Å². The van der Waals surface area contributed by atoms with Crippen LogP contribution in [0, 0.1) is 12.7 Å². The minimum Gasteiger partial charge on any atom is -0.322 e. The summed E-state index contributed by atoms with van der Waals surface area (Å²) in [5.74, 6) is -0.0896. The van der Waals surface area contributed by atoms with Crippen LogP contribution in [0.15, 0.2) is 60.8 Å². The van der Waals surface area contributed by atoms with E-state index in [1.54, 1.807) is 24.4 Å². The van der Waals surface area contributed by atoms with Crippen molar-refractivity contribution in [1.82, 2.24) is 9.97 Å². The average Bonchev–Trinajstić information content (AvgIpc) is 2.55. The Kier molecular flexibility index (Phi) is 4.10. The molecule has 1 heterocycles. The fourth-order valence-corrected chi connectivity index (χ4v) is 2.17. The number of aryl methyl sites for hydroxylation is 1. The molecule has 23 heavy (non-hydrogen) atoms. The van der Waals surface area contributed by atoms with Crippen LogP contribution in [0.5, 0.6) is 0 Å². The van der Waals surface area contributed by atoms with Crippen molar-refractivity contribution in [3.63, 3.8) is 0 Å². The summed E-state index contributed by atoms with van der Waals surface area (Å²) in [4.78, 5) is 20.5. The molecule has 1 amide bonds. The lowest BCUT2D eigenvalue weighted by molar-refractivity contribution is 0.102. The van der Waals surface area contributed by atoms with E-state index in [1.807, 2.05) is 25.1 Å². The highest BCUT2D eigenvalue weighted by Gasteiger charge is 2.07.